The highest BCUT2D eigenvalue weighted by Crippen LogP contribution is 2.16. The van der Waals surface area contributed by atoms with Crippen LogP contribution in [0.2, 0.25) is 0 Å². The van der Waals surface area contributed by atoms with Gasteiger partial charge in [-0.3, -0.25) is 4.68 Å². The highest BCUT2D eigenvalue weighted by Gasteiger charge is 2.06. The normalized spacial score (nSPS) is 11.0. The number of rotatable bonds is 1. The molecule has 1 aromatic carbocycles. The minimum Gasteiger partial charge on any atom is -0.251 e. The summed E-state index contributed by atoms with van der Waals surface area (Å²) in [4.78, 5) is 0. The van der Waals surface area contributed by atoms with Gasteiger partial charge in [0, 0.05) is 18.5 Å². The van der Waals surface area contributed by atoms with Crippen LogP contribution in [0.5, 0.6) is 0 Å². The van der Waals surface area contributed by atoms with Crippen LogP contribution in [0.3, 0.4) is 0 Å². The maximum absolute atomic E-state index is 4.35. The van der Waals surface area contributed by atoms with E-state index >= 15 is 0 Å². The zero-order valence-electron chi connectivity index (χ0n) is 8.33. The van der Waals surface area contributed by atoms with Gasteiger partial charge in [0.1, 0.15) is 0 Å². The van der Waals surface area contributed by atoms with Gasteiger partial charge >= 0.3 is 0 Å². The molecule has 4 nitrogen and oxygen atoms in total. The smallest absolute Gasteiger partial charge is 0.152 e. The topological polar surface area (TPSA) is 35.6 Å². The fourth-order valence-electron chi connectivity index (χ4n) is 1.73. The molecule has 0 unspecified atom stereocenters. The Morgan fingerprint density at radius 2 is 1.93 bits per heavy atom. The van der Waals surface area contributed by atoms with Crippen molar-refractivity contribution in [2.75, 3.05) is 0 Å². The molecule has 0 amide bonds. The second-order valence-corrected chi connectivity index (χ2v) is 3.43. The minimum atomic E-state index is 0.969. The molecule has 0 aliphatic rings. The molecule has 0 aliphatic heterocycles. The number of aryl methyl sites for hydroxylation is 1. The lowest BCUT2D eigenvalue weighted by Crippen LogP contribution is -2.03. The molecule has 0 saturated carbocycles. The van der Waals surface area contributed by atoms with Crippen LogP contribution in [0.25, 0.3) is 16.7 Å². The van der Waals surface area contributed by atoms with E-state index in [2.05, 4.69) is 22.3 Å². The summed E-state index contributed by atoms with van der Waals surface area (Å²) in [6.07, 6.45) is 3.63. The largest absolute Gasteiger partial charge is 0.251 e. The third-order valence-electron chi connectivity index (χ3n) is 2.49. The third-order valence-corrected chi connectivity index (χ3v) is 2.49. The molecule has 3 aromatic rings. The predicted molar refractivity (Wildman–Crippen MR) is 57.8 cm³/mol. The Morgan fingerprint density at radius 3 is 2.73 bits per heavy atom. The van der Waals surface area contributed by atoms with E-state index < -0.39 is 0 Å². The maximum Gasteiger partial charge on any atom is 0.152 e. The number of aromatic nitrogens is 4. The van der Waals surface area contributed by atoms with Gasteiger partial charge in [-0.05, 0) is 6.07 Å². The van der Waals surface area contributed by atoms with Gasteiger partial charge in [-0.1, -0.05) is 18.2 Å². The molecule has 0 bridgehead atoms. The van der Waals surface area contributed by atoms with E-state index in [9.17, 15) is 0 Å². The number of fused-ring (bicyclic) bond motifs is 1. The number of hydrogen-bond donors (Lipinski definition) is 0. The zero-order valence-corrected chi connectivity index (χ0v) is 8.33. The lowest BCUT2D eigenvalue weighted by Gasteiger charge is -2.02. The Kier molecular flexibility index (Phi) is 1.62. The average molecular weight is 198 g/mol. The molecule has 2 aromatic heterocycles. The molecule has 0 saturated heterocycles. The van der Waals surface area contributed by atoms with Crippen molar-refractivity contribution in [3.8, 4) is 5.82 Å². The predicted octanol–water partition coefficient (Wildman–Crippen LogP) is 1.76. The molecule has 4 heteroatoms. The number of para-hydroxylation sites is 1. The fraction of sp³-hybridized carbons (Fsp3) is 0.0909. The quantitative estimate of drug-likeness (QED) is 0.597. The first-order chi connectivity index (χ1) is 7.36. The molecule has 2 heterocycles. The second-order valence-electron chi connectivity index (χ2n) is 3.43. The first kappa shape index (κ1) is 8.23. The van der Waals surface area contributed by atoms with Crippen molar-refractivity contribution in [3.63, 3.8) is 0 Å². The molecule has 74 valence electrons. The summed E-state index contributed by atoms with van der Waals surface area (Å²) in [6, 6.07) is 10.1. The van der Waals surface area contributed by atoms with Crippen LogP contribution in [-0.2, 0) is 7.05 Å². The SMILES string of the molecule is Cn1nccc1-n1ncc2ccccc21. The summed E-state index contributed by atoms with van der Waals surface area (Å²) >= 11 is 0. The van der Waals surface area contributed by atoms with Crippen molar-refractivity contribution in [1.29, 1.82) is 0 Å². The van der Waals surface area contributed by atoms with Crippen LogP contribution in [-0.4, -0.2) is 19.6 Å². The summed E-state index contributed by atoms with van der Waals surface area (Å²) in [5.41, 5.74) is 1.10. The van der Waals surface area contributed by atoms with E-state index in [4.69, 9.17) is 0 Å². The molecule has 3 rings (SSSR count). The number of nitrogens with zero attached hydrogens (tertiary/aromatic N) is 4. The number of benzene rings is 1. The minimum absolute atomic E-state index is 0.969. The number of hydrogen-bond acceptors (Lipinski definition) is 2. The van der Waals surface area contributed by atoms with Crippen molar-refractivity contribution in [3.05, 3.63) is 42.7 Å². The zero-order chi connectivity index (χ0) is 10.3. The standard InChI is InChI=1S/C11H10N4/c1-14-11(6-7-12-14)15-10-5-3-2-4-9(10)8-13-15/h2-8H,1H3. The lowest BCUT2D eigenvalue weighted by molar-refractivity contribution is 0.708. The molecule has 0 atom stereocenters. The second kappa shape index (κ2) is 2.95. The van der Waals surface area contributed by atoms with Crippen molar-refractivity contribution in [2.45, 2.75) is 0 Å². The van der Waals surface area contributed by atoms with Crippen LogP contribution in [0, 0.1) is 0 Å². The van der Waals surface area contributed by atoms with Crippen LogP contribution in [0.4, 0.5) is 0 Å². The van der Waals surface area contributed by atoms with Crippen LogP contribution in [0.15, 0.2) is 42.7 Å². The third kappa shape index (κ3) is 1.15. The molecule has 0 N–H and O–H groups in total. The highest BCUT2D eigenvalue weighted by atomic mass is 15.4. The van der Waals surface area contributed by atoms with Gasteiger partial charge in [-0.25, -0.2) is 4.68 Å². The van der Waals surface area contributed by atoms with E-state index in [1.54, 1.807) is 10.9 Å². The molecule has 0 fully saturated rings. The monoisotopic (exact) mass is 198 g/mol. The highest BCUT2D eigenvalue weighted by molar-refractivity contribution is 5.79. The Bertz CT molecular complexity index is 606. The van der Waals surface area contributed by atoms with Crippen LogP contribution >= 0.6 is 0 Å². The molecule has 15 heavy (non-hydrogen) atoms. The summed E-state index contributed by atoms with van der Waals surface area (Å²) in [5.74, 6) is 0.969. The van der Waals surface area contributed by atoms with Crippen molar-refractivity contribution in [1.82, 2.24) is 19.6 Å². The van der Waals surface area contributed by atoms with Crippen LogP contribution < -0.4 is 0 Å². The summed E-state index contributed by atoms with van der Waals surface area (Å²) < 4.78 is 3.70. The maximum atomic E-state index is 4.35. The van der Waals surface area contributed by atoms with E-state index in [0.717, 1.165) is 16.7 Å². The van der Waals surface area contributed by atoms with Gasteiger partial charge in [0.25, 0.3) is 0 Å². The molecular weight excluding hydrogens is 188 g/mol. The van der Waals surface area contributed by atoms with E-state index in [1.807, 2.05) is 36.1 Å². The molecule has 0 spiro atoms. The van der Waals surface area contributed by atoms with E-state index in [-0.39, 0.29) is 0 Å². The van der Waals surface area contributed by atoms with Crippen molar-refractivity contribution >= 4 is 10.9 Å². The summed E-state index contributed by atoms with van der Waals surface area (Å²) in [6.45, 7) is 0. The average Bonchev–Trinajstić information content (AvgIpc) is 2.83. The van der Waals surface area contributed by atoms with E-state index in [1.165, 1.54) is 0 Å². The molecule has 0 radical (unpaired) electrons. The first-order valence-electron chi connectivity index (χ1n) is 4.77. The molecular formula is C11H10N4. The summed E-state index contributed by atoms with van der Waals surface area (Å²) in [5, 5.41) is 9.63. The lowest BCUT2D eigenvalue weighted by atomic mass is 10.3. The van der Waals surface area contributed by atoms with Crippen LogP contribution in [0.1, 0.15) is 0 Å². The van der Waals surface area contributed by atoms with Gasteiger partial charge in [-0.2, -0.15) is 10.2 Å². The van der Waals surface area contributed by atoms with Gasteiger partial charge in [0.2, 0.25) is 0 Å². The van der Waals surface area contributed by atoms with Crippen molar-refractivity contribution in [2.24, 2.45) is 7.05 Å². The van der Waals surface area contributed by atoms with E-state index in [0.29, 0.717) is 0 Å². The molecule has 0 aliphatic carbocycles. The Morgan fingerprint density at radius 1 is 1.07 bits per heavy atom. The Hall–Kier alpha value is -2.10. The fourth-order valence-corrected chi connectivity index (χ4v) is 1.73. The first-order valence-corrected chi connectivity index (χ1v) is 4.77. The summed E-state index contributed by atoms with van der Waals surface area (Å²) in [7, 11) is 1.91. The van der Waals surface area contributed by atoms with Crippen molar-refractivity contribution < 1.29 is 0 Å². The van der Waals surface area contributed by atoms with Gasteiger partial charge in [0.15, 0.2) is 5.82 Å². The van der Waals surface area contributed by atoms with Gasteiger partial charge in [0.05, 0.1) is 17.9 Å². The van der Waals surface area contributed by atoms with Gasteiger partial charge < -0.3 is 0 Å². The van der Waals surface area contributed by atoms with Gasteiger partial charge in [-0.15, -0.1) is 0 Å². The Balaban J connectivity index is 2.32. The Labute approximate surface area is 86.7 Å².